The number of aliphatic hydroxyl groups is 1. The molecule has 0 amide bonds. The topological polar surface area (TPSA) is 84.0 Å². The molecule has 4 rings (SSSR count). The highest BCUT2D eigenvalue weighted by molar-refractivity contribution is 6.03. The first kappa shape index (κ1) is 22.6. The van der Waals surface area contributed by atoms with Gasteiger partial charge in [0.05, 0.1) is 25.5 Å². The molecule has 13 heteroatoms. The van der Waals surface area contributed by atoms with Gasteiger partial charge in [-0.25, -0.2) is 9.97 Å². The fourth-order valence-electron chi connectivity index (χ4n) is 3.16. The third-order valence-electron chi connectivity index (χ3n) is 4.81. The van der Waals surface area contributed by atoms with Crippen molar-refractivity contribution in [3.63, 3.8) is 0 Å². The minimum Gasteiger partial charge on any atom is -0.497 e. The van der Waals surface area contributed by atoms with E-state index in [0.29, 0.717) is 11.8 Å². The zero-order valence-electron chi connectivity index (χ0n) is 16.6. The molecule has 3 heterocycles. The molecule has 0 spiro atoms. The van der Waals surface area contributed by atoms with Crippen LogP contribution >= 0.6 is 0 Å². The van der Waals surface area contributed by atoms with Gasteiger partial charge in [-0.15, -0.1) is 0 Å². The number of furan rings is 1. The number of benzene rings is 1. The summed E-state index contributed by atoms with van der Waals surface area (Å²) in [5, 5.41) is 14.3. The number of aromatic nitrogens is 2. The van der Waals surface area contributed by atoms with Crippen molar-refractivity contribution in [1.82, 2.24) is 9.97 Å². The number of ether oxygens (including phenoxy) is 1. The molecule has 174 valence electrons. The predicted octanol–water partition coefficient (Wildman–Crippen LogP) is 4.63. The molecular formula is C20H14F6N4O3. The highest BCUT2D eigenvalue weighted by Gasteiger charge is 2.63. The number of nitrogens with zero attached hydrogens (tertiary/aromatic N) is 4. The Bertz CT molecular complexity index is 1190. The summed E-state index contributed by atoms with van der Waals surface area (Å²) in [7, 11) is 1.35. The number of alkyl halides is 6. The molecule has 3 aromatic rings. The van der Waals surface area contributed by atoms with Crippen LogP contribution in [-0.2, 0) is 6.18 Å². The Hall–Kier alpha value is -3.61. The highest BCUT2D eigenvalue weighted by atomic mass is 19.4. The van der Waals surface area contributed by atoms with Crippen molar-refractivity contribution in [3.05, 3.63) is 60.0 Å². The third kappa shape index (κ3) is 4.11. The quantitative estimate of drug-likeness (QED) is 0.558. The first-order chi connectivity index (χ1) is 15.4. The van der Waals surface area contributed by atoms with E-state index in [2.05, 4.69) is 15.1 Å². The molecule has 0 radical (unpaired) electrons. The Morgan fingerprint density at radius 1 is 1.06 bits per heavy atom. The van der Waals surface area contributed by atoms with Gasteiger partial charge in [-0.1, -0.05) is 12.1 Å². The fraction of sp³-hybridized carbons (Fsp3) is 0.250. The smallest absolute Gasteiger partial charge is 0.438 e. The van der Waals surface area contributed by atoms with E-state index >= 15 is 0 Å². The van der Waals surface area contributed by atoms with Crippen LogP contribution in [0.2, 0.25) is 0 Å². The minimum atomic E-state index is -5.32. The van der Waals surface area contributed by atoms with Crippen molar-refractivity contribution in [2.45, 2.75) is 24.5 Å². The fourth-order valence-corrected chi connectivity index (χ4v) is 3.16. The van der Waals surface area contributed by atoms with Crippen molar-refractivity contribution in [2.24, 2.45) is 5.10 Å². The molecule has 1 aromatic carbocycles. The molecule has 2 aromatic heterocycles. The summed E-state index contributed by atoms with van der Waals surface area (Å²) in [5.41, 5.74) is -5.76. The molecule has 0 saturated heterocycles. The van der Waals surface area contributed by atoms with Crippen LogP contribution in [0.15, 0.2) is 58.2 Å². The van der Waals surface area contributed by atoms with E-state index in [1.807, 2.05) is 0 Å². The van der Waals surface area contributed by atoms with Gasteiger partial charge in [0.25, 0.3) is 5.72 Å². The second kappa shape index (κ2) is 7.76. The van der Waals surface area contributed by atoms with E-state index in [4.69, 9.17) is 9.15 Å². The zero-order valence-corrected chi connectivity index (χ0v) is 16.6. The number of hydrogen-bond donors (Lipinski definition) is 1. The lowest BCUT2D eigenvalue weighted by molar-refractivity contribution is -0.254. The van der Waals surface area contributed by atoms with Crippen LogP contribution in [0.5, 0.6) is 5.75 Å². The van der Waals surface area contributed by atoms with Crippen LogP contribution in [0.4, 0.5) is 32.3 Å². The number of anilines is 1. The van der Waals surface area contributed by atoms with Gasteiger partial charge in [-0.3, -0.25) is 0 Å². The SMILES string of the molecule is COc1cccc(C2=NN(c3nc(-c4ccco4)cc(C(F)(F)F)n3)C(O)(C(F)(F)F)C2)c1. The van der Waals surface area contributed by atoms with Gasteiger partial charge < -0.3 is 14.3 Å². The number of halogens is 6. The molecule has 1 aliphatic heterocycles. The highest BCUT2D eigenvalue weighted by Crippen LogP contribution is 2.44. The van der Waals surface area contributed by atoms with Crippen LogP contribution in [0.1, 0.15) is 17.7 Å². The second-order valence-electron chi connectivity index (χ2n) is 7.00. The summed E-state index contributed by atoms with van der Waals surface area (Å²) in [6, 6.07) is 8.99. The lowest BCUT2D eigenvalue weighted by Crippen LogP contribution is -2.55. The van der Waals surface area contributed by atoms with Gasteiger partial charge in [0, 0.05) is 5.56 Å². The van der Waals surface area contributed by atoms with Gasteiger partial charge in [-0.2, -0.15) is 36.5 Å². The maximum Gasteiger partial charge on any atom is 0.438 e. The molecule has 0 fully saturated rings. The Morgan fingerprint density at radius 3 is 2.42 bits per heavy atom. The maximum atomic E-state index is 13.9. The van der Waals surface area contributed by atoms with Crippen molar-refractivity contribution in [3.8, 4) is 17.2 Å². The van der Waals surface area contributed by atoms with E-state index in [1.54, 1.807) is 0 Å². The summed E-state index contributed by atoms with van der Waals surface area (Å²) in [5.74, 6) is -0.940. The normalized spacial score (nSPS) is 19.0. The largest absolute Gasteiger partial charge is 0.497 e. The van der Waals surface area contributed by atoms with E-state index in [-0.39, 0.29) is 22.0 Å². The average molecular weight is 472 g/mol. The molecule has 1 unspecified atom stereocenters. The Kier molecular flexibility index (Phi) is 5.31. The summed E-state index contributed by atoms with van der Waals surface area (Å²) in [6.07, 6.45) is -10.3. The van der Waals surface area contributed by atoms with E-state index in [9.17, 15) is 31.4 Å². The van der Waals surface area contributed by atoms with E-state index < -0.39 is 41.8 Å². The van der Waals surface area contributed by atoms with Gasteiger partial charge in [-0.05, 0) is 30.3 Å². The molecule has 0 saturated carbocycles. The molecule has 7 nitrogen and oxygen atoms in total. The van der Waals surface area contributed by atoms with Gasteiger partial charge in [0.1, 0.15) is 11.4 Å². The van der Waals surface area contributed by atoms with Crippen molar-refractivity contribution < 1.29 is 40.6 Å². The summed E-state index contributed by atoms with van der Waals surface area (Å²) in [6.45, 7) is 0. The first-order valence-corrected chi connectivity index (χ1v) is 9.24. The minimum absolute atomic E-state index is 0.0521. The van der Waals surface area contributed by atoms with Crippen LogP contribution in [0, 0.1) is 0 Å². The zero-order chi connectivity index (χ0) is 24.0. The van der Waals surface area contributed by atoms with Crippen molar-refractivity contribution in [2.75, 3.05) is 12.1 Å². The third-order valence-corrected chi connectivity index (χ3v) is 4.81. The molecule has 1 N–H and O–H groups in total. The summed E-state index contributed by atoms with van der Waals surface area (Å²) >= 11 is 0. The predicted molar refractivity (Wildman–Crippen MR) is 102 cm³/mol. The van der Waals surface area contributed by atoms with Gasteiger partial charge >= 0.3 is 12.4 Å². The molecule has 1 aliphatic rings. The monoisotopic (exact) mass is 472 g/mol. The maximum absolute atomic E-state index is 13.9. The lowest BCUT2D eigenvalue weighted by atomic mass is 10.0. The number of rotatable bonds is 4. The summed E-state index contributed by atoms with van der Waals surface area (Å²) < 4.78 is 92.2. The van der Waals surface area contributed by atoms with Crippen molar-refractivity contribution >= 4 is 11.7 Å². The Morgan fingerprint density at radius 2 is 1.82 bits per heavy atom. The van der Waals surface area contributed by atoms with Crippen LogP contribution in [0.25, 0.3) is 11.5 Å². The molecule has 0 bridgehead atoms. The number of hydrogen-bond acceptors (Lipinski definition) is 7. The number of methoxy groups -OCH3 is 1. The van der Waals surface area contributed by atoms with Crippen LogP contribution < -0.4 is 9.75 Å². The second-order valence-corrected chi connectivity index (χ2v) is 7.00. The van der Waals surface area contributed by atoms with Crippen LogP contribution in [0.3, 0.4) is 0 Å². The first-order valence-electron chi connectivity index (χ1n) is 9.24. The lowest BCUT2D eigenvalue weighted by Gasteiger charge is -2.32. The van der Waals surface area contributed by atoms with E-state index in [0.717, 1.165) is 6.26 Å². The molecule has 1 atom stereocenters. The standard InChI is InChI=1S/C20H14F6N4O3/c1-32-12-5-2-4-11(8-12)14-10-18(31,20(24,25)26)30(29-14)17-27-13(15-6-3-7-33-15)9-16(28-17)19(21,22)23/h2-9,31H,10H2,1H3. The van der Waals surface area contributed by atoms with Gasteiger partial charge in [0.15, 0.2) is 11.5 Å². The molecular weight excluding hydrogens is 458 g/mol. The Balaban J connectivity index is 1.90. The van der Waals surface area contributed by atoms with Crippen molar-refractivity contribution in [1.29, 1.82) is 0 Å². The Labute approximate surface area is 181 Å². The summed E-state index contributed by atoms with van der Waals surface area (Å²) in [4.78, 5) is 7.00. The molecule has 33 heavy (non-hydrogen) atoms. The molecule has 0 aliphatic carbocycles. The van der Waals surface area contributed by atoms with Gasteiger partial charge in [0.2, 0.25) is 5.95 Å². The average Bonchev–Trinajstić information content (AvgIpc) is 3.41. The van der Waals surface area contributed by atoms with Crippen LogP contribution in [-0.4, -0.2) is 39.8 Å². The van der Waals surface area contributed by atoms with E-state index in [1.165, 1.54) is 43.5 Å². The number of hydrazone groups is 1.